The maximum absolute atomic E-state index is 12.7. The first-order valence-electron chi connectivity index (χ1n) is 6.47. The molecule has 0 aliphatic rings. The lowest BCUT2D eigenvalue weighted by Gasteiger charge is -2.12. The summed E-state index contributed by atoms with van der Waals surface area (Å²) >= 11 is 5.80. The van der Waals surface area contributed by atoms with Crippen molar-refractivity contribution >= 4 is 33.0 Å². The number of amides is 1. The van der Waals surface area contributed by atoms with Gasteiger partial charge in [0, 0.05) is 11.8 Å². The van der Waals surface area contributed by atoms with E-state index in [1.165, 1.54) is 18.2 Å². The fourth-order valence-electron chi connectivity index (χ4n) is 1.86. The molecule has 4 nitrogen and oxygen atoms in total. The Morgan fingerprint density at radius 2 is 1.79 bits per heavy atom. The highest BCUT2D eigenvalue weighted by atomic mass is 35.5. The van der Waals surface area contributed by atoms with E-state index in [2.05, 4.69) is 5.32 Å². The summed E-state index contributed by atoms with van der Waals surface area (Å²) in [7, 11) is -3.52. The van der Waals surface area contributed by atoms with Crippen LogP contribution in [0.15, 0.2) is 47.4 Å². The normalized spacial score (nSPS) is 12.0. The molecule has 0 saturated heterocycles. The molecule has 2 rings (SSSR count). The monoisotopic (exact) mass is 377 g/mol. The second-order valence-corrected chi connectivity index (χ2v) is 7.37. The molecular weight excluding hydrogens is 367 g/mol. The van der Waals surface area contributed by atoms with E-state index >= 15 is 0 Å². The maximum Gasteiger partial charge on any atom is 0.416 e. The summed E-state index contributed by atoms with van der Waals surface area (Å²) in [6.07, 6.45) is -3.60. The zero-order valence-electron chi connectivity index (χ0n) is 12.2. The number of anilines is 1. The molecule has 0 aliphatic carbocycles. The summed E-state index contributed by atoms with van der Waals surface area (Å²) in [5.41, 5.74) is -1.21. The molecule has 0 unspecified atom stereocenters. The van der Waals surface area contributed by atoms with Crippen LogP contribution in [0.5, 0.6) is 0 Å². The van der Waals surface area contributed by atoms with Crippen molar-refractivity contribution in [2.24, 2.45) is 0 Å². The third kappa shape index (κ3) is 4.27. The van der Waals surface area contributed by atoms with Crippen LogP contribution in [0.1, 0.15) is 15.9 Å². The van der Waals surface area contributed by atoms with Gasteiger partial charge in [0.05, 0.1) is 21.2 Å². The highest BCUT2D eigenvalue weighted by molar-refractivity contribution is 7.90. The SMILES string of the molecule is CS(=O)(=O)c1cccc(C(=O)Nc2cc(C(F)(F)F)ccc2Cl)c1. The molecule has 9 heteroatoms. The summed E-state index contributed by atoms with van der Waals surface area (Å²) in [6.45, 7) is 0. The van der Waals surface area contributed by atoms with Crippen LogP contribution < -0.4 is 5.32 Å². The maximum atomic E-state index is 12.7. The molecule has 0 fully saturated rings. The first-order chi connectivity index (χ1) is 11.0. The third-order valence-electron chi connectivity index (χ3n) is 3.07. The van der Waals surface area contributed by atoms with Gasteiger partial charge in [-0.05, 0) is 36.4 Å². The second-order valence-electron chi connectivity index (χ2n) is 4.95. The van der Waals surface area contributed by atoms with Crippen molar-refractivity contribution in [3.05, 3.63) is 58.6 Å². The van der Waals surface area contributed by atoms with Gasteiger partial charge in [-0.25, -0.2) is 8.42 Å². The molecule has 0 radical (unpaired) electrons. The van der Waals surface area contributed by atoms with E-state index in [-0.39, 0.29) is 21.2 Å². The van der Waals surface area contributed by atoms with Gasteiger partial charge >= 0.3 is 6.18 Å². The molecule has 0 saturated carbocycles. The second kappa shape index (κ2) is 6.45. The van der Waals surface area contributed by atoms with Crippen molar-refractivity contribution in [1.82, 2.24) is 0 Å². The fourth-order valence-corrected chi connectivity index (χ4v) is 2.69. The van der Waals surface area contributed by atoms with Gasteiger partial charge in [0.15, 0.2) is 9.84 Å². The number of nitrogens with one attached hydrogen (secondary N) is 1. The number of benzene rings is 2. The molecule has 0 aromatic heterocycles. The van der Waals surface area contributed by atoms with Crippen LogP contribution >= 0.6 is 11.6 Å². The number of hydrogen-bond acceptors (Lipinski definition) is 3. The minimum Gasteiger partial charge on any atom is -0.321 e. The molecule has 2 aromatic rings. The predicted octanol–water partition coefficient (Wildman–Crippen LogP) is 4.01. The minimum atomic E-state index is -4.58. The highest BCUT2D eigenvalue weighted by Crippen LogP contribution is 2.34. The van der Waals surface area contributed by atoms with E-state index in [0.717, 1.165) is 24.5 Å². The molecule has 0 aliphatic heterocycles. The van der Waals surface area contributed by atoms with Crippen LogP contribution in [0.4, 0.5) is 18.9 Å². The lowest BCUT2D eigenvalue weighted by atomic mass is 10.1. The summed E-state index contributed by atoms with van der Waals surface area (Å²) in [6, 6.07) is 7.66. The zero-order valence-corrected chi connectivity index (χ0v) is 13.8. The summed E-state index contributed by atoms with van der Waals surface area (Å²) < 4.78 is 61.2. The number of halogens is 4. The Labute approximate surface area is 141 Å². The number of alkyl halides is 3. The van der Waals surface area contributed by atoms with Gasteiger partial charge in [-0.3, -0.25) is 4.79 Å². The summed E-state index contributed by atoms with van der Waals surface area (Å²) in [4.78, 5) is 12.1. The first-order valence-corrected chi connectivity index (χ1v) is 8.73. The Bertz CT molecular complexity index is 895. The molecule has 0 spiro atoms. The van der Waals surface area contributed by atoms with Crippen molar-refractivity contribution in [3.63, 3.8) is 0 Å². The largest absolute Gasteiger partial charge is 0.416 e. The van der Waals surface area contributed by atoms with E-state index < -0.39 is 27.5 Å². The average molecular weight is 378 g/mol. The van der Waals surface area contributed by atoms with Crippen molar-refractivity contribution in [2.45, 2.75) is 11.1 Å². The van der Waals surface area contributed by atoms with Crippen LogP contribution in [0.3, 0.4) is 0 Å². The number of rotatable bonds is 3. The van der Waals surface area contributed by atoms with Gasteiger partial charge in [-0.2, -0.15) is 13.2 Å². The van der Waals surface area contributed by atoms with E-state index in [0.29, 0.717) is 6.07 Å². The quantitative estimate of drug-likeness (QED) is 0.878. The number of carbonyl (C=O) groups is 1. The van der Waals surface area contributed by atoms with Crippen molar-refractivity contribution < 1.29 is 26.4 Å². The van der Waals surface area contributed by atoms with Gasteiger partial charge in [-0.1, -0.05) is 17.7 Å². The standard InChI is InChI=1S/C15H11ClF3NO3S/c1-24(22,23)11-4-2-3-9(7-11)14(21)20-13-8-10(15(17,18)19)5-6-12(13)16/h2-8H,1H3,(H,20,21). The van der Waals surface area contributed by atoms with Gasteiger partial charge < -0.3 is 5.32 Å². The topological polar surface area (TPSA) is 63.2 Å². The Balaban J connectivity index is 2.34. The van der Waals surface area contributed by atoms with Crippen molar-refractivity contribution in [1.29, 1.82) is 0 Å². The molecule has 0 atom stereocenters. The Hall–Kier alpha value is -2.06. The summed E-state index contributed by atoms with van der Waals surface area (Å²) in [5, 5.41) is 2.18. The zero-order chi connectivity index (χ0) is 18.1. The van der Waals surface area contributed by atoms with Crippen LogP contribution in [0, 0.1) is 0 Å². The van der Waals surface area contributed by atoms with Crippen LogP contribution in [0.25, 0.3) is 0 Å². The van der Waals surface area contributed by atoms with Crippen LogP contribution in [-0.4, -0.2) is 20.6 Å². The first kappa shape index (κ1) is 18.3. The predicted molar refractivity (Wildman–Crippen MR) is 84.0 cm³/mol. The molecule has 2 aromatic carbocycles. The molecule has 1 N–H and O–H groups in total. The number of hydrogen-bond donors (Lipinski definition) is 1. The average Bonchev–Trinajstić information content (AvgIpc) is 2.47. The van der Waals surface area contributed by atoms with Gasteiger partial charge in [0.25, 0.3) is 5.91 Å². The van der Waals surface area contributed by atoms with Crippen molar-refractivity contribution in [3.8, 4) is 0 Å². The molecule has 128 valence electrons. The molecule has 0 heterocycles. The Morgan fingerprint density at radius 1 is 1.12 bits per heavy atom. The van der Waals surface area contributed by atoms with Crippen LogP contribution in [-0.2, 0) is 16.0 Å². The Kier molecular flexibility index (Phi) is 4.91. The van der Waals surface area contributed by atoms with E-state index in [1.54, 1.807) is 0 Å². The lowest BCUT2D eigenvalue weighted by molar-refractivity contribution is -0.137. The fraction of sp³-hybridized carbons (Fsp3) is 0.133. The van der Waals surface area contributed by atoms with E-state index in [4.69, 9.17) is 11.6 Å². The highest BCUT2D eigenvalue weighted by Gasteiger charge is 2.31. The van der Waals surface area contributed by atoms with E-state index in [9.17, 15) is 26.4 Å². The Morgan fingerprint density at radius 3 is 2.38 bits per heavy atom. The van der Waals surface area contributed by atoms with E-state index in [1.807, 2.05) is 0 Å². The number of carbonyl (C=O) groups excluding carboxylic acids is 1. The number of sulfone groups is 1. The van der Waals surface area contributed by atoms with Gasteiger partial charge in [0.1, 0.15) is 0 Å². The van der Waals surface area contributed by atoms with Gasteiger partial charge in [0.2, 0.25) is 0 Å². The van der Waals surface area contributed by atoms with Crippen LogP contribution in [0.2, 0.25) is 5.02 Å². The van der Waals surface area contributed by atoms with Crippen molar-refractivity contribution in [2.75, 3.05) is 11.6 Å². The third-order valence-corrected chi connectivity index (χ3v) is 4.51. The molecule has 1 amide bonds. The minimum absolute atomic E-state index is 0.0218. The molecule has 24 heavy (non-hydrogen) atoms. The van der Waals surface area contributed by atoms with Gasteiger partial charge in [-0.15, -0.1) is 0 Å². The lowest BCUT2D eigenvalue weighted by Crippen LogP contribution is -2.14. The smallest absolute Gasteiger partial charge is 0.321 e. The summed E-state index contributed by atoms with van der Waals surface area (Å²) in [5.74, 6) is -0.776. The molecular formula is C15H11ClF3NO3S. The molecule has 0 bridgehead atoms.